The molecular weight excluding hydrogens is 240 g/mol. The summed E-state index contributed by atoms with van der Waals surface area (Å²) in [6.45, 7) is 13.0. The third kappa shape index (κ3) is 3.64. The Balaban J connectivity index is 2.70. The van der Waals surface area contributed by atoms with E-state index in [2.05, 4.69) is 44.2 Å². The first-order chi connectivity index (χ1) is 8.55. The quantitative estimate of drug-likeness (QED) is 0.715. The second kappa shape index (κ2) is 7.16. The lowest BCUT2D eigenvalue weighted by atomic mass is 9.83. The van der Waals surface area contributed by atoms with E-state index in [9.17, 15) is 0 Å². The van der Waals surface area contributed by atoms with E-state index in [4.69, 9.17) is 0 Å². The molecule has 3 heteroatoms. The molecule has 0 bridgehead atoms. The van der Waals surface area contributed by atoms with Crippen LogP contribution in [-0.2, 0) is 0 Å². The highest BCUT2D eigenvalue weighted by atomic mass is 32.2. The van der Waals surface area contributed by atoms with Gasteiger partial charge in [-0.25, -0.2) is 0 Å². The monoisotopic (exact) mass is 272 g/mol. The van der Waals surface area contributed by atoms with Crippen molar-refractivity contribution in [3.05, 3.63) is 0 Å². The molecule has 0 radical (unpaired) electrons. The molecule has 1 N–H and O–H groups in total. The van der Waals surface area contributed by atoms with E-state index < -0.39 is 0 Å². The van der Waals surface area contributed by atoms with Gasteiger partial charge in [0.1, 0.15) is 0 Å². The number of nitrogens with zero attached hydrogens (tertiary/aromatic N) is 1. The molecule has 0 aromatic heterocycles. The summed E-state index contributed by atoms with van der Waals surface area (Å²) in [6.07, 6.45) is 7.24. The van der Waals surface area contributed by atoms with E-state index in [0.29, 0.717) is 11.1 Å². The minimum atomic E-state index is 0.353. The van der Waals surface area contributed by atoms with Crippen LogP contribution in [0, 0.1) is 0 Å². The third-order valence-corrected chi connectivity index (χ3v) is 5.69. The molecule has 0 aromatic rings. The van der Waals surface area contributed by atoms with Gasteiger partial charge < -0.3 is 5.32 Å². The lowest BCUT2D eigenvalue weighted by molar-refractivity contribution is 0.00952. The van der Waals surface area contributed by atoms with E-state index >= 15 is 0 Å². The number of hydrogen-bond acceptors (Lipinski definition) is 3. The summed E-state index contributed by atoms with van der Waals surface area (Å²) < 4.78 is 0. The molecule has 0 aromatic carbocycles. The second-order valence-electron chi connectivity index (χ2n) is 5.96. The molecule has 0 amide bonds. The summed E-state index contributed by atoms with van der Waals surface area (Å²) in [6, 6.07) is 0. The summed E-state index contributed by atoms with van der Waals surface area (Å²) in [5.41, 5.74) is 0.709. The molecule has 1 saturated heterocycles. The zero-order chi connectivity index (χ0) is 13.6. The molecule has 1 aliphatic rings. The number of piperazine rings is 1. The zero-order valence-electron chi connectivity index (χ0n) is 13.0. The highest BCUT2D eigenvalue weighted by Gasteiger charge is 2.41. The molecule has 1 unspecified atom stereocenters. The summed E-state index contributed by atoms with van der Waals surface area (Å²) in [5, 5.41) is 3.85. The first kappa shape index (κ1) is 16.3. The van der Waals surface area contributed by atoms with E-state index in [1.165, 1.54) is 44.5 Å². The Morgan fingerprint density at radius 2 is 1.83 bits per heavy atom. The normalized spacial score (nSPS) is 28.5. The van der Waals surface area contributed by atoms with Gasteiger partial charge in [0.15, 0.2) is 0 Å². The first-order valence-electron chi connectivity index (χ1n) is 7.55. The summed E-state index contributed by atoms with van der Waals surface area (Å²) >= 11 is 1.97. The molecular formula is C15H32N2S. The average Bonchev–Trinajstić information content (AvgIpc) is 2.41. The molecule has 0 saturated carbocycles. The van der Waals surface area contributed by atoms with Crippen LogP contribution in [0.15, 0.2) is 0 Å². The lowest BCUT2D eigenvalue weighted by Gasteiger charge is -2.53. The van der Waals surface area contributed by atoms with Crippen LogP contribution in [0.2, 0.25) is 0 Å². The molecule has 1 heterocycles. The van der Waals surface area contributed by atoms with Crippen molar-refractivity contribution in [2.45, 2.75) is 64.5 Å². The Labute approximate surface area is 118 Å². The first-order valence-corrected chi connectivity index (χ1v) is 8.94. The van der Waals surface area contributed by atoms with Gasteiger partial charge in [-0.05, 0) is 51.2 Å². The topological polar surface area (TPSA) is 15.3 Å². The smallest absolute Gasteiger partial charge is 0.0304 e. The van der Waals surface area contributed by atoms with Crippen LogP contribution in [0.25, 0.3) is 0 Å². The maximum atomic E-state index is 3.85. The highest BCUT2D eigenvalue weighted by Crippen LogP contribution is 2.30. The molecule has 1 fully saturated rings. The molecule has 0 spiro atoms. The number of thioether (sulfide) groups is 1. The van der Waals surface area contributed by atoms with Crippen molar-refractivity contribution in [2.75, 3.05) is 31.6 Å². The van der Waals surface area contributed by atoms with Gasteiger partial charge in [-0.15, -0.1) is 0 Å². The zero-order valence-corrected chi connectivity index (χ0v) is 13.8. The van der Waals surface area contributed by atoms with E-state index in [-0.39, 0.29) is 0 Å². The molecule has 108 valence electrons. The fourth-order valence-electron chi connectivity index (χ4n) is 2.92. The average molecular weight is 273 g/mol. The fraction of sp³-hybridized carbons (Fsp3) is 1.00. The maximum absolute atomic E-state index is 3.85. The van der Waals surface area contributed by atoms with E-state index in [0.717, 1.165) is 6.54 Å². The lowest BCUT2D eigenvalue weighted by Crippen LogP contribution is -2.68. The van der Waals surface area contributed by atoms with Crippen LogP contribution >= 0.6 is 11.8 Å². The number of nitrogens with one attached hydrogen (secondary N) is 1. The van der Waals surface area contributed by atoms with Gasteiger partial charge in [-0.1, -0.05) is 20.8 Å². The Kier molecular flexibility index (Phi) is 6.49. The van der Waals surface area contributed by atoms with Crippen molar-refractivity contribution in [1.29, 1.82) is 0 Å². The van der Waals surface area contributed by atoms with Gasteiger partial charge in [-0.3, -0.25) is 4.90 Å². The standard InChI is InChI=1S/C15H32N2S/c1-6-14(4)12-16-15(7-2,8-3)13-17(14)10-9-11-18-5/h16H,6-13H2,1-5H3. The van der Waals surface area contributed by atoms with Crippen molar-refractivity contribution >= 4 is 11.8 Å². The van der Waals surface area contributed by atoms with Crippen molar-refractivity contribution in [2.24, 2.45) is 0 Å². The highest BCUT2D eigenvalue weighted by molar-refractivity contribution is 7.98. The minimum absolute atomic E-state index is 0.353. The van der Waals surface area contributed by atoms with Gasteiger partial charge in [0.25, 0.3) is 0 Å². The predicted octanol–water partition coefficient (Wildman–Crippen LogP) is 3.37. The van der Waals surface area contributed by atoms with Crippen molar-refractivity contribution in [3.63, 3.8) is 0 Å². The molecule has 18 heavy (non-hydrogen) atoms. The molecule has 2 nitrogen and oxygen atoms in total. The molecule has 1 atom stereocenters. The van der Waals surface area contributed by atoms with Crippen LogP contribution < -0.4 is 5.32 Å². The van der Waals surface area contributed by atoms with Crippen LogP contribution in [0.5, 0.6) is 0 Å². The van der Waals surface area contributed by atoms with Crippen LogP contribution in [0.3, 0.4) is 0 Å². The molecule has 0 aliphatic carbocycles. The Morgan fingerprint density at radius 1 is 1.17 bits per heavy atom. The van der Waals surface area contributed by atoms with Gasteiger partial charge >= 0.3 is 0 Å². The Morgan fingerprint density at radius 3 is 2.33 bits per heavy atom. The van der Waals surface area contributed by atoms with Crippen molar-refractivity contribution in [1.82, 2.24) is 10.2 Å². The second-order valence-corrected chi connectivity index (χ2v) is 6.94. The fourth-order valence-corrected chi connectivity index (χ4v) is 3.34. The predicted molar refractivity (Wildman–Crippen MR) is 84.6 cm³/mol. The van der Waals surface area contributed by atoms with Crippen molar-refractivity contribution in [3.8, 4) is 0 Å². The summed E-state index contributed by atoms with van der Waals surface area (Å²) in [4.78, 5) is 2.76. The number of rotatable bonds is 7. The number of hydrogen-bond donors (Lipinski definition) is 1. The van der Waals surface area contributed by atoms with Gasteiger partial charge in [0, 0.05) is 24.2 Å². The van der Waals surface area contributed by atoms with Crippen molar-refractivity contribution < 1.29 is 0 Å². The summed E-state index contributed by atoms with van der Waals surface area (Å²) in [5.74, 6) is 1.29. The minimum Gasteiger partial charge on any atom is -0.308 e. The van der Waals surface area contributed by atoms with E-state index in [1.54, 1.807) is 0 Å². The van der Waals surface area contributed by atoms with E-state index in [1.807, 2.05) is 11.8 Å². The van der Waals surface area contributed by atoms with Crippen LogP contribution in [-0.4, -0.2) is 47.6 Å². The summed E-state index contributed by atoms with van der Waals surface area (Å²) in [7, 11) is 0. The van der Waals surface area contributed by atoms with Crippen LogP contribution in [0.4, 0.5) is 0 Å². The third-order valence-electron chi connectivity index (χ3n) is 4.99. The Bertz CT molecular complexity index is 241. The maximum Gasteiger partial charge on any atom is 0.0304 e. The van der Waals surface area contributed by atoms with Crippen LogP contribution in [0.1, 0.15) is 53.4 Å². The molecule has 1 aliphatic heterocycles. The molecule has 1 rings (SSSR count). The van der Waals surface area contributed by atoms with Gasteiger partial charge in [0.05, 0.1) is 0 Å². The van der Waals surface area contributed by atoms with Gasteiger partial charge in [0.2, 0.25) is 0 Å². The Hall–Kier alpha value is 0.270. The van der Waals surface area contributed by atoms with Gasteiger partial charge in [-0.2, -0.15) is 11.8 Å². The SMILES string of the molecule is CCC1(CC)CN(CCCSC)C(C)(CC)CN1. The largest absolute Gasteiger partial charge is 0.308 e.